The molecule has 0 radical (unpaired) electrons. The molecule has 15 rings (SSSR count). The van der Waals surface area contributed by atoms with Crippen LogP contribution in [-0.4, -0.2) is 26.5 Å². The monoisotopic (exact) mass is 1420 g/mol. The molecular formula is C90H106Ge2N4O2. The summed E-state index contributed by atoms with van der Waals surface area (Å²) in [4.78, 5) is 11.3. The van der Waals surface area contributed by atoms with Crippen molar-refractivity contribution in [1.82, 2.24) is 0 Å². The van der Waals surface area contributed by atoms with Crippen molar-refractivity contribution in [2.24, 2.45) is 0 Å². The molecule has 0 atom stereocenters. The zero-order valence-corrected chi connectivity index (χ0v) is 68.1. The Balaban J connectivity index is 1.28. The van der Waals surface area contributed by atoms with Crippen molar-refractivity contribution in [2.45, 2.75) is 234 Å². The molecule has 0 amide bonds. The van der Waals surface area contributed by atoms with Gasteiger partial charge < -0.3 is 0 Å². The first-order valence-corrected chi connectivity index (χ1v) is 45.8. The molecule has 9 aromatic rings. The summed E-state index contributed by atoms with van der Waals surface area (Å²) in [6.07, 6.45) is 0. The van der Waals surface area contributed by atoms with Gasteiger partial charge in [-0.25, -0.2) is 0 Å². The van der Waals surface area contributed by atoms with Crippen LogP contribution in [0.15, 0.2) is 146 Å². The van der Waals surface area contributed by atoms with E-state index in [9.17, 15) is 0 Å². The van der Waals surface area contributed by atoms with Gasteiger partial charge in [-0.05, 0) is 0 Å². The van der Waals surface area contributed by atoms with Crippen LogP contribution >= 0.6 is 0 Å². The second-order valence-electron chi connectivity index (χ2n) is 37.9. The Labute approximate surface area is 592 Å². The number of anilines is 12. The maximum absolute atomic E-state index is 8.00. The Hall–Kier alpha value is -7.13. The number of ether oxygens (including phenoxy) is 2. The molecule has 0 N–H and O–H groups in total. The molecule has 0 bridgehead atoms. The fourth-order valence-corrected chi connectivity index (χ4v) is 40.0. The summed E-state index contributed by atoms with van der Waals surface area (Å²) in [6, 6.07) is 59.6. The van der Waals surface area contributed by atoms with Crippen molar-refractivity contribution >= 4 is 121 Å². The van der Waals surface area contributed by atoms with Crippen LogP contribution in [0.2, 0.25) is 10.5 Å². The van der Waals surface area contributed by atoms with Crippen molar-refractivity contribution in [3.8, 4) is 23.0 Å². The molecule has 0 aliphatic carbocycles. The van der Waals surface area contributed by atoms with Gasteiger partial charge in [-0.1, -0.05) is 0 Å². The van der Waals surface area contributed by atoms with Gasteiger partial charge in [0.2, 0.25) is 0 Å². The molecule has 6 aliphatic rings. The molecule has 0 unspecified atom stereocenters. The quantitative estimate of drug-likeness (QED) is 0.154. The molecule has 0 fully saturated rings. The van der Waals surface area contributed by atoms with Gasteiger partial charge in [-0.15, -0.1) is 0 Å². The molecule has 8 heteroatoms. The number of hydrogen-bond donors (Lipinski definition) is 0. The summed E-state index contributed by atoms with van der Waals surface area (Å²) < 4.78 is 24.7. The van der Waals surface area contributed by atoms with Crippen molar-refractivity contribution in [2.75, 3.05) is 19.6 Å². The summed E-state index contributed by atoms with van der Waals surface area (Å²) in [5.74, 6) is 4.08. The minimum absolute atomic E-state index is 0.0723. The first-order chi connectivity index (χ1) is 45.5. The van der Waals surface area contributed by atoms with Crippen molar-refractivity contribution in [3.63, 3.8) is 0 Å². The normalized spacial score (nSPS) is 16.2. The van der Waals surface area contributed by atoms with Gasteiger partial charge >= 0.3 is 597 Å². The van der Waals surface area contributed by atoms with E-state index in [1.165, 1.54) is 116 Å². The average Bonchev–Trinajstić information content (AvgIpc) is 0.634. The van der Waals surface area contributed by atoms with E-state index in [4.69, 9.17) is 9.47 Å². The molecule has 0 saturated heterocycles. The SMILES string of the molecule is C[CH2][Ge]12[c]3c4cc(C(C)(C)C)cc3N(c3ccc(C(C)(C)C)cc3)c3c5[c]6c(c([c]31)N(c1ccc(C(C)(C)C)cc1)c1cc(C(C)(C)C)cc([c]12)O4)N(c1ccc(C(C)(C)C)cc1)c1cc(C(C)(C)C)cc2[c]1[Ge]6([CH2]C)[c]1c(cc(C(C)(C)C)cc1N5c1ccc(C(C)(C)C)cc1)O2. The Kier molecular flexibility index (Phi) is 14.5. The Morgan fingerprint density at radius 3 is 0.561 bits per heavy atom. The van der Waals surface area contributed by atoms with E-state index >= 15 is 0 Å². The number of rotatable bonds is 6. The summed E-state index contributed by atoms with van der Waals surface area (Å²) >= 11 is -8.70. The van der Waals surface area contributed by atoms with E-state index in [0.29, 0.717) is 0 Å². The third kappa shape index (κ3) is 9.63. The van der Waals surface area contributed by atoms with E-state index < -0.39 is 26.5 Å². The van der Waals surface area contributed by atoms with Crippen LogP contribution in [-0.2, 0) is 43.3 Å². The first kappa shape index (κ1) is 66.7. The van der Waals surface area contributed by atoms with Crippen LogP contribution in [0.3, 0.4) is 0 Å². The molecule has 6 aliphatic heterocycles. The molecule has 98 heavy (non-hydrogen) atoms. The van der Waals surface area contributed by atoms with E-state index in [-0.39, 0.29) is 43.3 Å². The third-order valence-corrected chi connectivity index (χ3v) is 44.5. The summed E-state index contributed by atoms with van der Waals surface area (Å²) in [5, 5.41) is 1.91. The molecule has 0 spiro atoms. The van der Waals surface area contributed by atoms with Gasteiger partial charge in [0.05, 0.1) is 0 Å². The molecule has 6 heterocycles. The zero-order chi connectivity index (χ0) is 70.4. The summed E-state index contributed by atoms with van der Waals surface area (Å²) in [6.45, 7) is 62.1. The van der Waals surface area contributed by atoms with Gasteiger partial charge in [0, 0.05) is 0 Å². The van der Waals surface area contributed by atoms with Gasteiger partial charge in [-0.2, -0.15) is 0 Å². The molecule has 0 aromatic heterocycles. The van der Waals surface area contributed by atoms with Crippen molar-refractivity contribution in [1.29, 1.82) is 0 Å². The van der Waals surface area contributed by atoms with Crippen LogP contribution in [0.25, 0.3) is 0 Å². The topological polar surface area (TPSA) is 31.4 Å². The van der Waals surface area contributed by atoms with Crippen LogP contribution in [0.1, 0.15) is 225 Å². The Bertz CT molecular complexity index is 4230. The zero-order valence-electron chi connectivity index (χ0n) is 63.9. The van der Waals surface area contributed by atoms with Crippen molar-refractivity contribution < 1.29 is 9.47 Å². The van der Waals surface area contributed by atoms with Gasteiger partial charge in [0.25, 0.3) is 0 Å². The second-order valence-corrected chi connectivity index (χ2v) is 54.7. The van der Waals surface area contributed by atoms with E-state index in [1.54, 1.807) is 0 Å². The third-order valence-electron chi connectivity index (χ3n) is 23.1. The molecule has 9 aromatic carbocycles. The maximum atomic E-state index is 8.00. The van der Waals surface area contributed by atoms with Gasteiger partial charge in [-0.3, -0.25) is 0 Å². The predicted molar refractivity (Wildman–Crippen MR) is 425 cm³/mol. The molecule has 0 saturated carbocycles. The fraction of sp³-hybridized carbons (Fsp3) is 0.400. The number of benzene rings is 9. The number of hydrogen-bond acceptors (Lipinski definition) is 6. The number of fused-ring (bicyclic) bond motifs is 2. The van der Waals surface area contributed by atoms with Crippen molar-refractivity contribution in [3.05, 3.63) is 190 Å². The first-order valence-electron chi connectivity index (χ1n) is 36.5. The fourth-order valence-electron chi connectivity index (χ4n) is 17.3. The van der Waals surface area contributed by atoms with E-state index in [0.717, 1.165) is 56.3 Å². The molecular weight excluding hydrogens is 1310 g/mol. The Morgan fingerprint density at radius 2 is 0.408 bits per heavy atom. The van der Waals surface area contributed by atoms with E-state index in [1.807, 2.05) is 0 Å². The molecule has 506 valence electrons. The standard InChI is InChI=1S/C90H106Ge2N4O2/c1-27-91-73-65-45-57(87(15,16)17)49-69(73)97-70-50-58(88(18,19)20)46-66(74(70)91)94(62-39-31-54(32-40-62)84(6,7)8)80-77(91)79(93(65)61-37-29-53(30-38-61)83(3,4)5)81-78-82(80)96(64-43-35-56(36-44-64)86(12,13)14)68-48-60(90(24,25)26)52-72-76(68)92(78,28-2)75-67(47-59(89(21,22)23)51-71(75)98-72)95(81)63-41-33-55(34-42-63)85(9,10)11/h29-52H,27-28H2,1-26H3. The van der Waals surface area contributed by atoms with Gasteiger partial charge in [0.15, 0.2) is 0 Å². The number of nitrogens with zero attached hydrogens (tertiary/aromatic N) is 4. The van der Waals surface area contributed by atoms with E-state index in [2.05, 4.69) is 345 Å². The Morgan fingerprint density at radius 1 is 0.235 bits per heavy atom. The van der Waals surface area contributed by atoms with Crippen LogP contribution < -0.4 is 55.4 Å². The van der Waals surface area contributed by atoms with Crippen LogP contribution in [0.5, 0.6) is 23.0 Å². The summed E-state index contributed by atoms with van der Waals surface area (Å²) in [7, 11) is 0. The van der Waals surface area contributed by atoms with Gasteiger partial charge in [0.1, 0.15) is 0 Å². The van der Waals surface area contributed by atoms with Crippen LogP contribution in [0, 0.1) is 0 Å². The predicted octanol–water partition coefficient (Wildman–Crippen LogP) is 22.4. The summed E-state index contributed by atoms with van der Waals surface area (Å²) in [5.41, 5.74) is 24.1. The van der Waals surface area contributed by atoms with Crippen LogP contribution in [0.4, 0.5) is 68.2 Å². The average molecular weight is 1420 g/mol. The molecule has 6 nitrogen and oxygen atoms in total. The second kappa shape index (κ2) is 21.2. The minimum atomic E-state index is -4.35.